The van der Waals surface area contributed by atoms with Gasteiger partial charge < -0.3 is 4.42 Å². The highest BCUT2D eigenvalue weighted by Gasteiger charge is 2.12. The first kappa shape index (κ1) is 16.6. The second kappa shape index (κ2) is 7.17. The maximum Gasteiger partial charge on any atom is 0.205 e. The number of benzene rings is 2. The highest BCUT2D eigenvalue weighted by Crippen LogP contribution is 2.27. The summed E-state index contributed by atoms with van der Waals surface area (Å²) in [4.78, 5) is 4.38. The molecule has 0 unspecified atom stereocenters. The van der Waals surface area contributed by atoms with Crippen LogP contribution in [0, 0.1) is 13.8 Å². The first-order valence-electron chi connectivity index (χ1n) is 8.31. The predicted octanol–water partition coefficient (Wildman–Crippen LogP) is 4.83. The third-order valence-electron chi connectivity index (χ3n) is 4.06. The van der Waals surface area contributed by atoms with E-state index < -0.39 is 0 Å². The van der Waals surface area contributed by atoms with Gasteiger partial charge in [-0.2, -0.15) is 0 Å². The average molecular weight is 362 g/mol. The van der Waals surface area contributed by atoms with E-state index >= 15 is 0 Å². The molecule has 0 aliphatic rings. The number of hydrogen-bond donors (Lipinski definition) is 0. The van der Waals surface area contributed by atoms with Gasteiger partial charge in [-0.25, -0.2) is 4.98 Å². The second-order valence-electron chi connectivity index (χ2n) is 6.05. The van der Waals surface area contributed by atoms with Gasteiger partial charge in [0.15, 0.2) is 10.9 Å². The summed E-state index contributed by atoms with van der Waals surface area (Å²) in [7, 11) is 0. The summed E-state index contributed by atoms with van der Waals surface area (Å²) >= 11 is 1.56. The Labute approximate surface area is 156 Å². The van der Waals surface area contributed by atoms with Crippen LogP contribution in [0.4, 0.5) is 0 Å². The van der Waals surface area contributed by atoms with Crippen LogP contribution in [0.25, 0.3) is 17.0 Å². The molecule has 0 radical (unpaired) electrons. The number of oxazole rings is 1. The van der Waals surface area contributed by atoms with Gasteiger partial charge in [0.1, 0.15) is 6.33 Å². The molecule has 0 amide bonds. The van der Waals surface area contributed by atoms with Crippen LogP contribution in [-0.4, -0.2) is 19.7 Å². The Balaban J connectivity index is 1.51. The summed E-state index contributed by atoms with van der Waals surface area (Å²) in [5, 5.41) is 9.13. The van der Waals surface area contributed by atoms with Crippen LogP contribution in [0.2, 0.25) is 0 Å². The highest BCUT2D eigenvalue weighted by molar-refractivity contribution is 7.98. The van der Waals surface area contributed by atoms with Crippen molar-refractivity contribution in [1.82, 2.24) is 19.7 Å². The Bertz CT molecular complexity index is 1020. The van der Waals surface area contributed by atoms with Gasteiger partial charge >= 0.3 is 0 Å². The molecule has 0 saturated heterocycles. The number of thioether (sulfide) groups is 1. The molecule has 0 fully saturated rings. The van der Waals surface area contributed by atoms with E-state index in [9.17, 15) is 0 Å². The fraction of sp³-hybridized carbons (Fsp3) is 0.150. The molecular formula is C20H18N4OS. The van der Waals surface area contributed by atoms with E-state index in [1.54, 1.807) is 24.3 Å². The van der Waals surface area contributed by atoms with Crippen LogP contribution in [-0.2, 0) is 5.75 Å². The van der Waals surface area contributed by atoms with Crippen molar-refractivity contribution >= 4 is 11.8 Å². The normalized spacial score (nSPS) is 11.0. The zero-order valence-corrected chi connectivity index (χ0v) is 15.4. The van der Waals surface area contributed by atoms with Crippen LogP contribution >= 0.6 is 11.8 Å². The number of hydrogen-bond acceptors (Lipinski definition) is 5. The van der Waals surface area contributed by atoms with Gasteiger partial charge in [0.2, 0.25) is 5.89 Å². The Kier molecular flexibility index (Phi) is 4.58. The van der Waals surface area contributed by atoms with Crippen molar-refractivity contribution in [3.63, 3.8) is 0 Å². The quantitative estimate of drug-likeness (QED) is 0.476. The van der Waals surface area contributed by atoms with E-state index in [1.807, 2.05) is 34.9 Å². The van der Waals surface area contributed by atoms with E-state index in [1.165, 1.54) is 11.1 Å². The van der Waals surface area contributed by atoms with Crippen molar-refractivity contribution in [2.45, 2.75) is 24.8 Å². The third-order valence-corrected chi connectivity index (χ3v) is 4.99. The highest BCUT2D eigenvalue weighted by atomic mass is 32.2. The predicted molar refractivity (Wildman–Crippen MR) is 102 cm³/mol. The summed E-state index contributed by atoms with van der Waals surface area (Å²) < 4.78 is 7.86. The molecule has 4 rings (SSSR count). The first-order chi connectivity index (χ1) is 12.7. The molecule has 2 heterocycles. The van der Waals surface area contributed by atoms with Gasteiger partial charge in [0.25, 0.3) is 0 Å². The lowest BCUT2D eigenvalue weighted by molar-refractivity contribution is 0.529. The van der Waals surface area contributed by atoms with Crippen molar-refractivity contribution in [3.05, 3.63) is 78.1 Å². The Morgan fingerprint density at radius 3 is 2.73 bits per heavy atom. The summed E-state index contributed by atoms with van der Waals surface area (Å²) in [6.45, 7) is 4.18. The van der Waals surface area contributed by atoms with Crippen LogP contribution in [0.15, 0.2) is 70.6 Å². The molecule has 4 aromatic rings. The minimum absolute atomic E-state index is 0.594. The SMILES string of the molecule is Cc1ccc(-n2cnnc2SCc2ncc(-c3ccccc3)o2)c(C)c1. The van der Waals surface area contributed by atoms with Gasteiger partial charge in [-0.1, -0.05) is 59.8 Å². The molecule has 0 bridgehead atoms. The maximum absolute atomic E-state index is 5.86. The molecule has 0 atom stereocenters. The van der Waals surface area contributed by atoms with Gasteiger partial charge in [-0.15, -0.1) is 10.2 Å². The topological polar surface area (TPSA) is 56.7 Å². The third kappa shape index (κ3) is 3.41. The van der Waals surface area contributed by atoms with Crippen LogP contribution in [0.1, 0.15) is 17.0 Å². The molecule has 5 nitrogen and oxygen atoms in total. The van der Waals surface area contributed by atoms with E-state index in [0.29, 0.717) is 11.6 Å². The monoisotopic (exact) mass is 362 g/mol. The molecule has 6 heteroatoms. The number of rotatable bonds is 5. The van der Waals surface area contributed by atoms with E-state index in [0.717, 1.165) is 22.2 Å². The van der Waals surface area contributed by atoms with Crippen molar-refractivity contribution in [2.24, 2.45) is 0 Å². The largest absolute Gasteiger partial charge is 0.440 e. The van der Waals surface area contributed by atoms with Crippen molar-refractivity contribution in [1.29, 1.82) is 0 Å². The van der Waals surface area contributed by atoms with Crippen LogP contribution < -0.4 is 0 Å². The van der Waals surface area contributed by atoms with Crippen molar-refractivity contribution in [3.8, 4) is 17.0 Å². The Morgan fingerprint density at radius 1 is 1.08 bits per heavy atom. The number of nitrogens with zero attached hydrogens (tertiary/aromatic N) is 4. The molecule has 2 aromatic heterocycles. The first-order valence-corrected chi connectivity index (χ1v) is 9.30. The maximum atomic E-state index is 5.86. The van der Waals surface area contributed by atoms with Crippen molar-refractivity contribution in [2.75, 3.05) is 0 Å². The van der Waals surface area contributed by atoms with Gasteiger partial charge in [0, 0.05) is 5.56 Å². The smallest absolute Gasteiger partial charge is 0.205 e. The number of aryl methyl sites for hydroxylation is 2. The standard InChI is InChI=1S/C20H18N4OS/c1-14-8-9-17(15(2)10-14)24-13-22-23-20(24)26-12-19-21-11-18(25-19)16-6-4-3-5-7-16/h3-11,13H,12H2,1-2H3. The lowest BCUT2D eigenvalue weighted by Gasteiger charge is -2.09. The number of aromatic nitrogens is 4. The summed E-state index contributed by atoms with van der Waals surface area (Å²) in [5.74, 6) is 2.04. The molecular weight excluding hydrogens is 344 g/mol. The van der Waals surface area contributed by atoms with Crippen LogP contribution in [0.3, 0.4) is 0 Å². The Hall–Kier alpha value is -2.86. The molecule has 2 aromatic carbocycles. The molecule has 26 heavy (non-hydrogen) atoms. The van der Waals surface area contributed by atoms with Gasteiger partial charge in [0.05, 0.1) is 17.6 Å². The minimum Gasteiger partial charge on any atom is -0.440 e. The summed E-state index contributed by atoms with van der Waals surface area (Å²) in [6, 6.07) is 16.3. The molecule has 0 aliphatic heterocycles. The average Bonchev–Trinajstić information content (AvgIpc) is 3.30. The van der Waals surface area contributed by atoms with Gasteiger partial charge in [-0.3, -0.25) is 4.57 Å². The zero-order chi connectivity index (χ0) is 17.9. The van der Waals surface area contributed by atoms with Gasteiger partial charge in [-0.05, 0) is 25.5 Å². The second-order valence-corrected chi connectivity index (χ2v) is 6.99. The lowest BCUT2D eigenvalue weighted by atomic mass is 10.1. The van der Waals surface area contributed by atoms with E-state index in [-0.39, 0.29) is 0 Å². The van der Waals surface area contributed by atoms with E-state index in [4.69, 9.17) is 4.42 Å². The van der Waals surface area contributed by atoms with Crippen molar-refractivity contribution < 1.29 is 4.42 Å². The summed E-state index contributed by atoms with van der Waals surface area (Å²) in [6.07, 6.45) is 3.50. The van der Waals surface area contributed by atoms with E-state index in [2.05, 4.69) is 47.2 Å². The molecule has 0 saturated carbocycles. The van der Waals surface area contributed by atoms with Crippen LogP contribution in [0.5, 0.6) is 0 Å². The lowest BCUT2D eigenvalue weighted by Crippen LogP contribution is -1.98. The fourth-order valence-corrected chi connectivity index (χ4v) is 3.58. The molecule has 0 aliphatic carbocycles. The molecule has 130 valence electrons. The molecule has 0 spiro atoms. The summed E-state index contributed by atoms with van der Waals surface area (Å²) in [5.41, 5.74) is 4.53. The Morgan fingerprint density at radius 2 is 1.92 bits per heavy atom. The molecule has 0 N–H and O–H groups in total. The fourth-order valence-electron chi connectivity index (χ4n) is 2.80. The minimum atomic E-state index is 0.594. The zero-order valence-electron chi connectivity index (χ0n) is 14.6.